The highest BCUT2D eigenvalue weighted by Gasteiger charge is 2.22. The van der Waals surface area contributed by atoms with Crippen molar-refractivity contribution in [2.75, 3.05) is 25.1 Å². The average Bonchev–Trinajstić information content (AvgIpc) is 2.63. The van der Waals surface area contributed by atoms with Gasteiger partial charge in [0.15, 0.2) is 0 Å². The molecule has 1 aromatic rings. The van der Waals surface area contributed by atoms with E-state index in [0.29, 0.717) is 30.8 Å². The molecular weight excluding hydrogens is 360 g/mol. The third-order valence-electron chi connectivity index (χ3n) is 4.67. The molecule has 25 heavy (non-hydrogen) atoms. The molecule has 2 N–H and O–H groups in total. The minimum Gasteiger partial charge on any atom is -0.378 e. The molecule has 7 heteroatoms. The van der Waals surface area contributed by atoms with Gasteiger partial charge in [0.2, 0.25) is 5.91 Å². The molecule has 2 fully saturated rings. The molecule has 1 saturated carbocycles. The highest BCUT2D eigenvalue weighted by atomic mass is 35.5. The van der Waals surface area contributed by atoms with Crippen LogP contribution in [-0.2, 0) is 26.1 Å². The van der Waals surface area contributed by atoms with Crippen molar-refractivity contribution in [2.24, 2.45) is 0 Å². The van der Waals surface area contributed by atoms with Crippen LogP contribution < -0.4 is 10.6 Å². The van der Waals surface area contributed by atoms with Crippen LogP contribution in [0.4, 0.5) is 5.69 Å². The molecule has 2 atom stereocenters. The maximum absolute atomic E-state index is 12.5. The summed E-state index contributed by atoms with van der Waals surface area (Å²) in [5, 5.41) is 6.40. The van der Waals surface area contributed by atoms with Gasteiger partial charge < -0.3 is 15.4 Å². The molecule has 1 aliphatic heterocycles. The van der Waals surface area contributed by atoms with Crippen LogP contribution in [-0.4, -0.2) is 41.2 Å². The fourth-order valence-corrected chi connectivity index (χ4v) is 4.92. The van der Waals surface area contributed by atoms with Gasteiger partial charge in [0, 0.05) is 34.0 Å². The predicted octanol–water partition coefficient (Wildman–Crippen LogP) is 2.62. The highest BCUT2D eigenvalue weighted by molar-refractivity contribution is 7.84. The number of hydrogen-bond donors (Lipinski definition) is 2. The molecule has 0 bridgehead atoms. The molecule has 0 aromatic heterocycles. The Labute approximate surface area is 158 Å². The highest BCUT2D eigenvalue weighted by Crippen LogP contribution is 2.24. The summed E-state index contributed by atoms with van der Waals surface area (Å²) in [6, 6.07) is 7.39. The van der Waals surface area contributed by atoms with Crippen LogP contribution in [0.1, 0.15) is 37.7 Å². The summed E-state index contributed by atoms with van der Waals surface area (Å²) in [5.74, 6) is 0.486. The molecular formula is C18H27ClN2O3S. The Kier molecular flexibility index (Phi) is 8.36. The second-order valence-corrected chi connectivity index (χ2v) is 8.27. The van der Waals surface area contributed by atoms with E-state index < -0.39 is 10.8 Å². The Bertz CT molecular complexity index is 540. The van der Waals surface area contributed by atoms with E-state index in [1.807, 2.05) is 24.3 Å². The lowest BCUT2D eigenvalue weighted by Gasteiger charge is -2.23. The van der Waals surface area contributed by atoms with E-state index in [2.05, 4.69) is 10.6 Å². The number of carbonyl (C=O) groups excluding carboxylic acids is 1. The summed E-state index contributed by atoms with van der Waals surface area (Å²) in [7, 11) is -0.828. The minimum absolute atomic E-state index is 0. The summed E-state index contributed by atoms with van der Waals surface area (Å²) >= 11 is 0. The van der Waals surface area contributed by atoms with Gasteiger partial charge in [0.25, 0.3) is 0 Å². The summed E-state index contributed by atoms with van der Waals surface area (Å²) in [6.07, 6.45) is 5.83. The van der Waals surface area contributed by atoms with Gasteiger partial charge in [0.1, 0.15) is 6.04 Å². The normalized spacial score (nSPS) is 22.6. The first kappa shape index (κ1) is 20.4. The SMILES string of the molecule is Cl.O=C(Nc1cccc(CS(=O)C2CCCCC2)c1)C1COCCN1. The Morgan fingerprint density at radius 2 is 2.08 bits per heavy atom. The van der Waals surface area contributed by atoms with Crippen molar-refractivity contribution in [1.29, 1.82) is 0 Å². The summed E-state index contributed by atoms with van der Waals surface area (Å²) < 4.78 is 17.9. The minimum atomic E-state index is -0.828. The van der Waals surface area contributed by atoms with Gasteiger partial charge in [-0.1, -0.05) is 31.4 Å². The Morgan fingerprint density at radius 3 is 2.80 bits per heavy atom. The molecule has 3 rings (SSSR count). The van der Waals surface area contributed by atoms with Crippen LogP contribution in [0.3, 0.4) is 0 Å². The van der Waals surface area contributed by atoms with Crippen LogP contribution in [0.2, 0.25) is 0 Å². The fourth-order valence-electron chi connectivity index (χ4n) is 3.31. The number of amides is 1. The number of halogens is 1. The number of morpholine rings is 1. The van der Waals surface area contributed by atoms with E-state index >= 15 is 0 Å². The van der Waals surface area contributed by atoms with E-state index in [4.69, 9.17) is 4.74 Å². The average molecular weight is 387 g/mol. The van der Waals surface area contributed by atoms with Crippen LogP contribution in [0.5, 0.6) is 0 Å². The molecule has 140 valence electrons. The Morgan fingerprint density at radius 1 is 1.28 bits per heavy atom. The van der Waals surface area contributed by atoms with E-state index in [1.165, 1.54) is 19.3 Å². The molecule has 1 amide bonds. The predicted molar refractivity (Wildman–Crippen MR) is 104 cm³/mol. The van der Waals surface area contributed by atoms with Crippen LogP contribution in [0.15, 0.2) is 24.3 Å². The largest absolute Gasteiger partial charge is 0.378 e. The van der Waals surface area contributed by atoms with E-state index in [-0.39, 0.29) is 24.4 Å². The Hall–Kier alpha value is -0.950. The second kappa shape index (κ2) is 10.3. The lowest BCUT2D eigenvalue weighted by Crippen LogP contribution is -2.48. The Balaban J connectivity index is 0.00000225. The number of anilines is 1. The van der Waals surface area contributed by atoms with Crippen LogP contribution in [0, 0.1) is 0 Å². The molecule has 2 aliphatic rings. The van der Waals surface area contributed by atoms with Crippen molar-refractivity contribution < 1.29 is 13.7 Å². The topological polar surface area (TPSA) is 67.4 Å². The maximum Gasteiger partial charge on any atom is 0.243 e. The smallest absolute Gasteiger partial charge is 0.243 e. The van der Waals surface area contributed by atoms with Crippen LogP contribution in [0.25, 0.3) is 0 Å². The van der Waals surface area contributed by atoms with Crippen molar-refractivity contribution in [1.82, 2.24) is 5.32 Å². The molecule has 1 aromatic carbocycles. The zero-order valence-corrected chi connectivity index (χ0v) is 16.0. The quantitative estimate of drug-likeness (QED) is 0.816. The molecule has 0 radical (unpaired) electrons. The molecule has 1 heterocycles. The third kappa shape index (κ3) is 6.06. The molecule has 0 spiro atoms. The number of benzene rings is 1. The van der Waals surface area contributed by atoms with E-state index in [0.717, 1.165) is 24.1 Å². The standard InChI is InChI=1S/C18H26N2O3S.ClH/c21-18(17-12-23-10-9-19-17)20-15-6-4-5-14(11-15)13-24(22)16-7-2-1-3-8-16;/h4-6,11,16-17,19H,1-3,7-10,12-13H2,(H,20,21);1H. The van der Waals surface area contributed by atoms with Crippen molar-refractivity contribution in [3.63, 3.8) is 0 Å². The summed E-state index contributed by atoms with van der Waals surface area (Å²) in [5.41, 5.74) is 1.77. The lowest BCUT2D eigenvalue weighted by molar-refractivity contribution is -0.120. The van der Waals surface area contributed by atoms with E-state index in [9.17, 15) is 9.00 Å². The van der Waals surface area contributed by atoms with Gasteiger partial charge in [0.05, 0.1) is 13.2 Å². The number of rotatable bonds is 5. The molecule has 2 unspecified atom stereocenters. The second-order valence-electron chi connectivity index (χ2n) is 6.56. The third-order valence-corrected chi connectivity index (χ3v) is 6.50. The van der Waals surface area contributed by atoms with Crippen molar-refractivity contribution in [2.45, 2.75) is 49.1 Å². The van der Waals surface area contributed by atoms with E-state index in [1.54, 1.807) is 0 Å². The molecule has 5 nitrogen and oxygen atoms in total. The van der Waals surface area contributed by atoms with Gasteiger partial charge in [-0.05, 0) is 30.5 Å². The number of hydrogen-bond acceptors (Lipinski definition) is 4. The monoisotopic (exact) mass is 386 g/mol. The lowest BCUT2D eigenvalue weighted by atomic mass is 10.0. The molecule has 1 saturated heterocycles. The van der Waals surface area contributed by atoms with Crippen LogP contribution >= 0.6 is 12.4 Å². The summed E-state index contributed by atoms with van der Waals surface area (Å²) in [6.45, 7) is 1.74. The van der Waals surface area contributed by atoms with Gasteiger partial charge in [-0.3, -0.25) is 9.00 Å². The zero-order chi connectivity index (χ0) is 16.8. The van der Waals surface area contributed by atoms with Gasteiger partial charge >= 0.3 is 0 Å². The first-order valence-corrected chi connectivity index (χ1v) is 10.2. The zero-order valence-electron chi connectivity index (χ0n) is 14.4. The van der Waals surface area contributed by atoms with Crippen molar-refractivity contribution in [3.8, 4) is 0 Å². The first-order chi connectivity index (χ1) is 11.7. The van der Waals surface area contributed by atoms with Crippen molar-refractivity contribution in [3.05, 3.63) is 29.8 Å². The fraction of sp³-hybridized carbons (Fsp3) is 0.611. The van der Waals surface area contributed by atoms with Crippen molar-refractivity contribution >= 4 is 34.8 Å². The number of nitrogens with one attached hydrogen (secondary N) is 2. The van der Waals surface area contributed by atoms with Gasteiger partial charge in [-0.2, -0.15) is 0 Å². The van der Waals surface area contributed by atoms with Gasteiger partial charge in [-0.15, -0.1) is 12.4 Å². The maximum atomic E-state index is 12.5. The molecule has 1 aliphatic carbocycles. The summed E-state index contributed by atoms with van der Waals surface area (Å²) in [4.78, 5) is 12.2. The number of ether oxygens (including phenoxy) is 1. The number of carbonyl (C=O) groups is 1. The van der Waals surface area contributed by atoms with Gasteiger partial charge in [-0.25, -0.2) is 0 Å². The first-order valence-electron chi connectivity index (χ1n) is 8.80.